The lowest BCUT2D eigenvalue weighted by atomic mass is 9.92. The maximum absolute atomic E-state index is 11.2. The molecule has 1 unspecified atom stereocenters. The Hall–Kier alpha value is -1.98. The van der Waals surface area contributed by atoms with E-state index in [4.69, 9.17) is 4.74 Å². The maximum Gasteiger partial charge on any atom is 0.107 e. The van der Waals surface area contributed by atoms with E-state index < -0.39 is 5.60 Å². The second-order valence-electron chi connectivity index (χ2n) is 6.65. The molecular weight excluding hydrogens is 302 g/mol. The van der Waals surface area contributed by atoms with Crippen molar-refractivity contribution in [3.8, 4) is 0 Å². The van der Waals surface area contributed by atoms with Crippen molar-refractivity contribution in [1.82, 2.24) is 14.5 Å². The standard InChI is InChI=1S/C19H23N3O2/c1-2-24-12-17(19(23)9-5-6-10-19)22-13-21-16-11-20-15-8-4-3-7-14(15)18(16)22/h3-4,7-8,11,13,17,23H,2,5-6,9-10,12H2,1H3. The summed E-state index contributed by atoms with van der Waals surface area (Å²) in [4.78, 5) is 9.02. The Morgan fingerprint density at radius 1 is 1.21 bits per heavy atom. The number of pyridine rings is 1. The highest BCUT2D eigenvalue weighted by Crippen LogP contribution is 2.40. The number of benzene rings is 1. The van der Waals surface area contributed by atoms with Crippen molar-refractivity contribution >= 4 is 21.9 Å². The lowest BCUT2D eigenvalue weighted by molar-refractivity contribution is -0.0399. The number of hydrogen-bond acceptors (Lipinski definition) is 4. The average molecular weight is 325 g/mol. The molecule has 2 heterocycles. The summed E-state index contributed by atoms with van der Waals surface area (Å²) >= 11 is 0. The molecule has 0 radical (unpaired) electrons. The Morgan fingerprint density at radius 3 is 2.79 bits per heavy atom. The Labute approximate surface area is 141 Å². The number of nitrogens with zero attached hydrogens (tertiary/aromatic N) is 3. The quantitative estimate of drug-likeness (QED) is 0.780. The third-order valence-corrected chi connectivity index (χ3v) is 5.21. The summed E-state index contributed by atoms with van der Waals surface area (Å²) in [5.74, 6) is 0. The van der Waals surface area contributed by atoms with Crippen molar-refractivity contribution < 1.29 is 9.84 Å². The predicted molar refractivity (Wildman–Crippen MR) is 94.0 cm³/mol. The van der Waals surface area contributed by atoms with Gasteiger partial charge in [0.05, 0.1) is 41.8 Å². The summed E-state index contributed by atoms with van der Waals surface area (Å²) in [6.07, 6.45) is 7.40. The molecule has 1 fully saturated rings. The Balaban J connectivity index is 1.90. The van der Waals surface area contributed by atoms with Crippen molar-refractivity contribution in [3.05, 3.63) is 36.8 Å². The van der Waals surface area contributed by atoms with Gasteiger partial charge in [0.25, 0.3) is 0 Å². The molecule has 0 aliphatic heterocycles. The summed E-state index contributed by atoms with van der Waals surface area (Å²) in [6.45, 7) is 3.12. The first-order chi connectivity index (χ1) is 11.7. The number of aromatic nitrogens is 3. The van der Waals surface area contributed by atoms with Crippen LogP contribution < -0.4 is 0 Å². The Morgan fingerprint density at radius 2 is 2.00 bits per heavy atom. The van der Waals surface area contributed by atoms with Gasteiger partial charge in [-0.2, -0.15) is 0 Å². The average Bonchev–Trinajstić information content (AvgIpc) is 3.23. The highest BCUT2D eigenvalue weighted by molar-refractivity contribution is 6.02. The third-order valence-electron chi connectivity index (χ3n) is 5.21. The van der Waals surface area contributed by atoms with E-state index in [0.717, 1.165) is 47.6 Å². The van der Waals surface area contributed by atoms with E-state index >= 15 is 0 Å². The van der Waals surface area contributed by atoms with Gasteiger partial charge in [-0.3, -0.25) is 4.98 Å². The molecule has 2 aromatic heterocycles. The van der Waals surface area contributed by atoms with Crippen LogP contribution in [0.5, 0.6) is 0 Å². The fraction of sp³-hybridized carbons (Fsp3) is 0.474. The van der Waals surface area contributed by atoms with Gasteiger partial charge in [0, 0.05) is 12.0 Å². The van der Waals surface area contributed by atoms with Crippen LogP contribution in [-0.4, -0.2) is 38.5 Å². The van der Waals surface area contributed by atoms with Crippen LogP contribution in [0, 0.1) is 0 Å². The van der Waals surface area contributed by atoms with Gasteiger partial charge < -0.3 is 14.4 Å². The van der Waals surface area contributed by atoms with Crippen LogP contribution in [0.15, 0.2) is 36.8 Å². The second kappa shape index (κ2) is 6.15. The number of hydrogen-bond donors (Lipinski definition) is 1. The molecule has 24 heavy (non-hydrogen) atoms. The van der Waals surface area contributed by atoms with E-state index in [2.05, 4.69) is 20.6 Å². The molecule has 1 aliphatic carbocycles. The van der Waals surface area contributed by atoms with E-state index in [0.29, 0.717) is 13.2 Å². The molecule has 0 amide bonds. The summed E-state index contributed by atoms with van der Waals surface area (Å²) in [5.41, 5.74) is 2.11. The molecule has 1 atom stereocenters. The van der Waals surface area contributed by atoms with E-state index in [1.54, 1.807) is 0 Å². The predicted octanol–water partition coefficient (Wildman–Crippen LogP) is 3.47. The van der Waals surface area contributed by atoms with Gasteiger partial charge in [0.15, 0.2) is 0 Å². The van der Waals surface area contributed by atoms with Crippen molar-refractivity contribution in [2.45, 2.75) is 44.2 Å². The highest BCUT2D eigenvalue weighted by Gasteiger charge is 2.41. The summed E-state index contributed by atoms with van der Waals surface area (Å²) in [6, 6.07) is 7.95. The minimum absolute atomic E-state index is 0.129. The van der Waals surface area contributed by atoms with Gasteiger partial charge in [-0.1, -0.05) is 31.0 Å². The van der Waals surface area contributed by atoms with Gasteiger partial charge in [0.2, 0.25) is 0 Å². The van der Waals surface area contributed by atoms with Crippen LogP contribution in [0.3, 0.4) is 0 Å². The van der Waals surface area contributed by atoms with Gasteiger partial charge in [-0.25, -0.2) is 4.98 Å². The minimum atomic E-state index is -0.729. The lowest BCUT2D eigenvalue weighted by Gasteiger charge is -2.34. The molecule has 3 aromatic rings. The first-order valence-electron chi connectivity index (χ1n) is 8.73. The number of imidazole rings is 1. The molecule has 4 rings (SSSR count). The van der Waals surface area contributed by atoms with Crippen molar-refractivity contribution in [2.24, 2.45) is 0 Å². The van der Waals surface area contributed by atoms with E-state index in [1.807, 2.05) is 37.6 Å². The maximum atomic E-state index is 11.2. The second-order valence-corrected chi connectivity index (χ2v) is 6.65. The van der Waals surface area contributed by atoms with Gasteiger partial charge >= 0.3 is 0 Å². The van der Waals surface area contributed by atoms with E-state index in [1.165, 1.54) is 0 Å². The van der Waals surface area contributed by atoms with Crippen molar-refractivity contribution in [1.29, 1.82) is 0 Å². The highest BCUT2D eigenvalue weighted by atomic mass is 16.5. The normalized spacial score (nSPS) is 18.4. The smallest absolute Gasteiger partial charge is 0.107 e. The van der Waals surface area contributed by atoms with Crippen LogP contribution in [0.25, 0.3) is 21.9 Å². The molecule has 0 bridgehead atoms. The SMILES string of the molecule is CCOCC(n1cnc2cnc3ccccc3c21)C1(O)CCCC1. The zero-order valence-electron chi connectivity index (χ0n) is 14.0. The third kappa shape index (κ3) is 2.48. The fourth-order valence-electron chi connectivity index (χ4n) is 3.94. The number of fused-ring (bicyclic) bond motifs is 3. The first kappa shape index (κ1) is 15.5. The summed E-state index contributed by atoms with van der Waals surface area (Å²) in [5, 5.41) is 12.3. The lowest BCUT2D eigenvalue weighted by Crippen LogP contribution is -2.39. The first-order valence-corrected chi connectivity index (χ1v) is 8.73. The molecular formula is C19H23N3O2. The van der Waals surface area contributed by atoms with Crippen LogP contribution in [0.2, 0.25) is 0 Å². The minimum Gasteiger partial charge on any atom is -0.388 e. The summed E-state index contributed by atoms with van der Waals surface area (Å²) < 4.78 is 7.85. The van der Waals surface area contributed by atoms with Crippen LogP contribution in [0.4, 0.5) is 0 Å². The molecule has 1 saturated carbocycles. The molecule has 0 saturated heterocycles. The molecule has 5 heteroatoms. The number of rotatable bonds is 5. The molecule has 5 nitrogen and oxygen atoms in total. The van der Waals surface area contributed by atoms with Gasteiger partial charge in [-0.15, -0.1) is 0 Å². The summed E-state index contributed by atoms with van der Waals surface area (Å²) in [7, 11) is 0. The van der Waals surface area contributed by atoms with Crippen LogP contribution in [0.1, 0.15) is 38.6 Å². The Bertz CT molecular complexity index is 852. The van der Waals surface area contributed by atoms with Crippen LogP contribution >= 0.6 is 0 Å². The number of para-hydroxylation sites is 1. The molecule has 1 aliphatic rings. The van der Waals surface area contributed by atoms with Crippen LogP contribution in [-0.2, 0) is 4.74 Å². The number of ether oxygens (including phenoxy) is 1. The molecule has 126 valence electrons. The van der Waals surface area contributed by atoms with Crippen molar-refractivity contribution in [3.63, 3.8) is 0 Å². The fourth-order valence-corrected chi connectivity index (χ4v) is 3.94. The van der Waals surface area contributed by atoms with Gasteiger partial charge in [0.1, 0.15) is 5.52 Å². The zero-order valence-corrected chi connectivity index (χ0v) is 14.0. The van der Waals surface area contributed by atoms with E-state index in [9.17, 15) is 5.11 Å². The molecule has 1 aromatic carbocycles. The Kier molecular flexibility index (Phi) is 3.98. The monoisotopic (exact) mass is 325 g/mol. The topological polar surface area (TPSA) is 60.2 Å². The molecule has 0 spiro atoms. The van der Waals surface area contributed by atoms with Gasteiger partial charge in [-0.05, 0) is 25.8 Å². The number of aliphatic hydroxyl groups is 1. The largest absolute Gasteiger partial charge is 0.388 e. The van der Waals surface area contributed by atoms with Crippen molar-refractivity contribution in [2.75, 3.05) is 13.2 Å². The zero-order chi connectivity index (χ0) is 16.6. The van der Waals surface area contributed by atoms with E-state index in [-0.39, 0.29) is 6.04 Å². The molecule has 1 N–H and O–H groups in total.